The van der Waals surface area contributed by atoms with Crippen LogP contribution in [-0.4, -0.2) is 0 Å². The molecule has 0 atom stereocenters. The highest BCUT2D eigenvalue weighted by Crippen LogP contribution is 2.20. The second-order valence-corrected chi connectivity index (χ2v) is 3.52. The highest BCUT2D eigenvalue weighted by Gasteiger charge is 1.99. The van der Waals surface area contributed by atoms with Gasteiger partial charge in [-0.3, -0.25) is 0 Å². The predicted octanol–water partition coefficient (Wildman–Crippen LogP) is 3.12. The number of benzene rings is 1. The Kier molecular flexibility index (Phi) is 3.66. The fourth-order valence-corrected chi connectivity index (χ4v) is 1.48. The van der Waals surface area contributed by atoms with Crippen molar-refractivity contribution in [3.63, 3.8) is 0 Å². The third kappa shape index (κ3) is 2.33. The van der Waals surface area contributed by atoms with Gasteiger partial charge in [0.1, 0.15) is 0 Å². The lowest BCUT2D eigenvalue weighted by molar-refractivity contribution is 1.07. The van der Waals surface area contributed by atoms with Gasteiger partial charge in [0.15, 0.2) is 0 Å². The van der Waals surface area contributed by atoms with Crippen molar-refractivity contribution in [2.24, 2.45) is 5.73 Å². The number of nitrogens with two attached hydrogens (primary N) is 1. The van der Waals surface area contributed by atoms with Crippen LogP contribution in [-0.2, 0) is 6.54 Å². The van der Waals surface area contributed by atoms with Crippen molar-refractivity contribution in [3.8, 4) is 0 Å². The van der Waals surface area contributed by atoms with Gasteiger partial charge >= 0.3 is 0 Å². The molecule has 0 saturated heterocycles. The van der Waals surface area contributed by atoms with Crippen LogP contribution in [0.5, 0.6) is 0 Å². The van der Waals surface area contributed by atoms with Gasteiger partial charge in [-0.2, -0.15) is 0 Å². The molecule has 0 aliphatic carbocycles. The van der Waals surface area contributed by atoms with Gasteiger partial charge in [0, 0.05) is 6.54 Å². The minimum absolute atomic E-state index is 0.584. The molecule has 0 spiro atoms. The van der Waals surface area contributed by atoms with Gasteiger partial charge in [-0.25, -0.2) is 0 Å². The zero-order valence-corrected chi connectivity index (χ0v) is 8.88. The Hall–Kier alpha value is -1.34. The summed E-state index contributed by atoms with van der Waals surface area (Å²) in [4.78, 5) is 0. The van der Waals surface area contributed by atoms with Crippen LogP contribution in [0.2, 0.25) is 0 Å². The van der Waals surface area contributed by atoms with Gasteiger partial charge in [0.05, 0.1) is 0 Å². The molecule has 1 aromatic rings. The van der Waals surface area contributed by atoms with Crippen LogP contribution < -0.4 is 5.73 Å². The van der Waals surface area contributed by atoms with Gasteiger partial charge < -0.3 is 5.73 Å². The van der Waals surface area contributed by atoms with Crippen molar-refractivity contribution in [1.82, 2.24) is 0 Å². The molecular weight excluding hydrogens is 170 g/mol. The van der Waals surface area contributed by atoms with Crippen molar-refractivity contribution in [1.29, 1.82) is 0 Å². The molecule has 1 rings (SSSR count). The van der Waals surface area contributed by atoms with E-state index >= 15 is 0 Å². The molecule has 1 heteroatoms. The molecule has 2 N–H and O–H groups in total. The Morgan fingerprint density at radius 3 is 2.64 bits per heavy atom. The molecule has 0 unspecified atom stereocenters. The quantitative estimate of drug-likeness (QED) is 0.723. The summed E-state index contributed by atoms with van der Waals surface area (Å²) in [5.74, 6) is 0. The third-order valence-corrected chi connectivity index (χ3v) is 2.22. The molecule has 0 radical (unpaired) electrons. The molecular formula is C13H17N. The molecule has 1 aromatic carbocycles. The Bertz CT molecular complexity index is 357. The minimum Gasteiger partial charge on any atom is -0.326 e. The molecule has 0 fully saturated rings. The molecule has 0 aliphatic heterocycles. The second kappa shape index (κ2) is 4.77. The van der Waals surface area contributed by atoms with Crippen molar-refractivity contribution >= 4 is 5.57 Å². The summed E-state index contributed by atoms with van der Waals surface area (Å²) in [5.41, 5.74) is 10.4. The first-order valence-corrected chi connectivity index (χ1v) is 4.78. The van der Waals surface area contributed by atoms with E-state index in [0.717, 1.165) is 5.56 Å². The predicted molar refractivity (Wildman–Crippen MR) is 62.8 cm³/mol. The summed E-state index contributed by atoms with van der Waals surface area (Å²) in [7, 11) is 0. The van der Waals surface area contributed by atoms with E-state index in [4.69, 9.17) is 5.73 Å². The lowest BCUT2D eigenvalue weighted by Gasteiger charge is -2.06. The summed E-state index contributed by atoms with van der Waals surface area (Å²) >= 11 is 0. The topological polar surface area (TPSA) is 26.0 Å². The van der Waals surface area contributed by atoms with Crippen LogP contribution in [0.25, 0.3) is 5.57 Å². The maximum absolute atomic E-state index is 5.59. The van der Waals surface area contributed by atoms with E-state index in [2.05, 4.69) is 32.6 Å². The summed E-state index contributed by atoms with van der Waals surface area (Å²) in [6.07, 6.45) is 1.89. The monoisotopic (exact) mass is 187 g/mol. The summed E-state index contributed by atoms with van der Waals surface area (Å²) in [6, 6.07) is 8.27. The Morgan fingerprint density at radius 2 is 2.14 bits per heavy atom. The molecule has 0 aliphatic rings. The fraction of sp³-hybridized carbons (Fsp3) is 0.231. The van der Waals surface area contributed by atoms with Crippen molar-refractivity contribution < 1.29 is 0 Å². The Balaban J connectivity index is 3.18. The molecule has 74 valence electrons. The van der Waals surface area contributed by atoms with Crippen molar-refractivity contribution in [3.05, 3.63) is 53.6 Å². The van der Waals surface area contributed by atoms with E-state index in [1.54, 1.807) is 0 Å². The average molecular weight is 187 g/mol. The lowest BCUT2D eigenvalue weighted by atomic mass is 10.00. The van der Waals surface area contributed by atoms with E-state index in [0.29, 0.717) is 6.54 Å². The highest BCUT2D eigenvalue weighted by atomic mass is 14.5. The fourth-order valence-electron chi connectivity index (χ4n) is 1.48. The Morgan fingerprint density at radius 1 is 1.43 bits per heavy atom. The van der Waals surface area contributed by atoms with E-state index in [-0.39, 0.29) is 0 Å². The van der Waals surface area contributed by atoms with E-state index < -0.39 is 0 Å². The van der Waals surface area contributed by atoms with Crippen LogP contribution in [0.3, 0.4) is 0 Å². The normalized spacial score (nSPS) is 9.64. The molecule has 0 saturated carbocycles. The minimum atomic E-state index is 0.584. The summed E-state index contributed by atoms with van der Waals surface area (Å²) in [6.45, 7) is 8.59. The standard InChI is InChI=1S/C13H17N/c1-4-13(10(2)3)12-7-5-6-11(8-12)9-14/h4-8H,1,9,14H2,2-3H3. The maximum atomic E-state index is 5.59. The summed E-state index contributed by atoms with van der Waals surface area (Å²) < 4.78 is 0. The van der Waals surface area contributed by atoms with E-state index in [1.807, 2.05) is 18.2 Å². The number of rotatable bonds is 3. The number of hydrogen-bond donors (Lipinski definition) is 1. The zero-order valence-electron chi connectivity index (χ0n) is 8.88. The molecule has 0 bridgehead atoms. The first kappa shape index (κ1) is 10.7. The van der Waals surface area contributed by atoms with Gasteiger partial charge in [0.25, 0.3) is 0 Å². The van der Waals surface area contributed by atoms with Crippen LogP contribution in [0.4, 0.5) is 0 Å². The van der Waals surface area contributed by atoms with E-state index in [9.17, 15) is 0 Å². The van der Waals surface area contributed by atoms with Gasteiger partial charge in [-0.05, 0) is 36.6 Å². The van der Waals surface area contributed by atoms with Crippen molar-refractivity contribution in [2.45, 2.75) is 20.4 Å². The second-order valence-electron chi connectivity index (χ2n) is 3.52. The average Bonchev–Trinajstić information content (AvgIpc) is 2.19. The number of allylic oxidation sites excluding steroid dienone is 3. The number of hydrogen-bond acceptors (Lipinski definition) is 1. The largest absolute Gasteiger partial charge is 0.326 e. The van der Waals surface area contributed by atoms with Crippen molar-refractivity contribution in [2.75, 3.05) is 0 Å². The highest BCUT2D eigenvalue weighted by molar-refractivity contribution is 5.75. The molecule has 1 nitrogen and oxygen atoms in total. The van der Waals surface area contributed by atoms with E-state index in [1.165, 1.54) is 16.7 Å². The molecule has 0 heterocycles. The van der Waals surface area contributed by atoms with Crippen LogP contribution >= 0.6 is 0 Å². The molecule has 0 aromatic heterocycles. The maximum Gasteiger partial charge on any atom is 0.0178 e. The van der Waals surface area contributed by atoms with Crippen LogP contribution in [0.1, 0.15) is 25.0 Å². The van der Waals surface area contributed by atoms with Crippen LogP contribution in [0, 0.1) is 0 Å². The smallest absolute Gasteiger partial charge is 0.0178 e. The Labute approximate surface area is 85.9 Å². The van der Waals surface area contributed by atoms with Gasteiger partial charge in [-0.15, -0.1) is 0 Å². The SMILES string of the molecule is C=CC(=C(C)C)c1cccc(CN)c1. The summed E-state index contributed by atoms with van der Waals surface area (Å²) in [5, 5.41) is 0. The molecule has 0 amide bonds. The first-order chi connectivity index (χ1) is 6.69. The van der Waals surface area contributed by atoms with Gasteiger partial charge in [-0.1, -0.05) is 36.4 Å². The van der Waals surface area contributed by atoms with Crippen LogP contribution in [0.15, 0.2) is 42.5 Å². The van der Waals surface area contributed by atoms with Gasteiger partial charge in [0.2, 0.25) is 0 Å². The first-order valence-electron chi connectivity index (χ1n) is 4.78. The third-order valence-electron chi connectivity index (χ3n) is 2.22. The lowest BCUT2D eigenvalue weighted by Crippen LogP contribution is -1.96. The molecule has 14 heavy (non-hydrogen) atoms. The zero-order chi connectivity index (χ0) is 10.6.